The first-order chi connectivity index (χ1) is 20.1. The number of aromatic nitrogens is 3. The van der Waals surface area contributed by atoms with E-state index in [1.165, 1.54) is 16.4 Å². The molecule has 5 rings (SSSR count). The first-order valence-electron chi connectivity index (χ1n) is 13.5. The van der Waals surface area contributed by atoms with E-state index in [9.17, 15) is 13.2 Å². The van der Waals surface area contributed by atoms with Gasteiger partial charge in [0.1, 0.15) is 28.8 Å². The minimum atomic E-state index is -4.10. The van der Waals surface area contributed by atoms with Gasteiger partial charge in [0, 0.05) is 53.7 Å². The maximum Gasteiger partial charge on any atom is 0.245 e. The van der Waals surface area contributed by atoms with E-state index >= 15 is 0 Å². The molecule has 2 aromatic heterocycles. The van der Waals surface area contributed by atoms with Crippen LogP contribution in [0.2, 0.25) is 10.0 Å². The Morgan fingerprint density at radius 3 is 2.76 bits per heavy atom. The van der Waals surface area contributed by atoms with E-state index in [2.05, 4.69) is 10.3 Å². The number of nitrogens with one attached hydrogen (secondary N) is 1. The van der Waals surface area contributed by atoms with Crippen molar-refractivity contribution in [3.63, 3.8) is 0 Å². The Morgan fingerprint density at radius 1 is 1.21 bits per heavy atom. The number of carbonyl (C=O) groups excluding carboxylic acids is 1. The molecule has 1 aliphatic rings. The Kier molecular flexibility index (Phi) is 9.05. The van der Waals surface area contributed by atoms with Gasteiger partial charge in [-0.3, -0.25) is 4.79 Å². The van der Waals surface area contributed by atoms with Crippen LogP contribution in [0.4, 0.5) is 0 Å². The van der Waals surface area contributed by atoms with Gasteiger partial charge in [0.2, 0.25) is 15.9 Å². The van der Waals surface area contributed by atoms with E-state index in [4.69, 9.17) is 32.9 Å². The number of imidazole rings is 1. The van der Waals surface area contributed by atoms with E-state index in [-0.39, 0.29) is 34.0 Å². The molecule has 2 aromatic carbocycles. The molecule has 0 bridgehead atoms. The molecular weight excluding hydrogens is 599 g/mol. The molecule has 42 heavy (non-hydrogen) atoms. The largest absolute Gasteiger partial charge is 0.487 e. The highest BCUT2D eigenvalue weighted by Crippen LogP contribution is 2.37. The van der Waals surface area contributed by atoms with Crippen LogP contribution in [0.25, 0.3) is 16.6 Å². The highest BCUT2D eigenvalue weighted by molar-refractivity contribution is 7.89. The number of nitrogens with zero attached hydrogens (tertiary/aromatic N) is 5. The highest BCUT2D eigenvalue weighted by atomic mass is 35.5. The summed E-state index contributed by atoms with van der Waals surface area (Å²) in [4.78, 5) is 23.6. The predicted molar refractivity (Wildman–Crippen MR) is 163 cm³/mol. The van der Waals surface area contributed by atoms with Gasteiger partial charge in [0.15, 0.2) is 0 Å². The smallest absolute Gasteiger partial charge is 0.245 e. The number of carbonyl (C=O) groups is 1. The van der Waals surface area contributed by atoms with E-state index in [1.807, 2.05) is 54.9 Å². The highest BCUT2D eigenvalue weighted by Gasteiger charge is 2.40. The number of aryl methyl sites for hydroxylation is 1. The summed E-state index contributed by atoms with van der Waals surface area (Å²) in [6.07, 6.45) is 6.27. The molecule has 0 radical (unpaired) electrons. The van der Waals surface area contributed by atoms with Gasteiger partial charge in [-0.1, -0.05) is 35.3 Å². The van der Waals surface area contributed by atoms with Gasteiger partial charge < -0.3 is 19.5 Å². The van der Waals surface area contributed by atoms with Crippen LogP contribution >= 0.6 is 23.2 Å². The van der Waals surface area contributed by atoms with Crippen molar-refractivity contribution in [2.75, 3.05) is 33.7 Å². The number of halogens is 2. The lowest BCUT2D eigenvalue weighted by Gasteiger charge is -2.25. The average Bonchev–Trinajstić information content (AvgIpc) is 3.65. The number of pyridine rings is 1. The summed E-state index contributed by atoms with van der Waals surface area (Å²) in [6.45, 7) is 3.09. The van der Waals surface area contributed by atoms with Crippen LogP contribution in [-0.2, 0) is 21.4 Å². The molecule has 3 heterocycles. The normalized spacial score (nSPS) is 15.9. The first kappa shape index (κ1) is 30.2. The van der Waals surface area contributed by atoms with Crippen molar-refractivity contribution in [2.45, 2.75) is 37.3 Å². The van der Waals surface area contributed by atoms with E-state index in [0.29, 0.717) is 42.8 Å². The minimum Gasteiger partial charge on any atom is -0.487 e. The molecule has 1 N–H and O–H groups in total. The van der Waals surface area contributed by atoms with Crippen LogP contribution in [-0.4, -0.2) is 77.8 Å². The Labute approximate surface area is 255 Å². The zero-order chi connectivity index (χ0) is 30.0. The monoisotopic (exact) mass is 630 g/mol. The molecule has 0 saturated carbocycles. The van der Waals surface area contributed by atoms with Gasteiger partial charge in [-0.05, 0) is 58.1 Å². The molecule has 0 aliphatic carbocycles. The lowest BCUT2D eigenvalue weighted by atomic mass is 10.1. The van der Waals surface area contributed by atoms with Gasteiger partial charge in [0.05, 0.1) is 17.0 Å². The standard InChI is InChI=1S/C29H32Cl2N6O4S/c1-19-16-24(36-15-11-32-18-36)20-6-4-8-25(28(20)34-19)41-17-21-22(30)9-10-26(27(21)31)42(39,40)37-13-5-7-23(37)29(38)33-12-14-35(2)3/h4,6,8-11,15-16,18,23H,5,7,12-14,17H2,1-3H3,(H,33,38). The van der Waals surface area contributed by atoms with Gasteiger partial charge in [-0.15, -0.1) is 0 Å². The van der Waals surface area contributed by atoms with Gasteiger partial charge in [-0.2, -0.15) is 4.31 Å². The van der Waals surface area contributed by atoms with Gasteiger partial charge in [0.25, 0.3) is 0 Å². The van der Waals surface area contributed by atoms with Crippen LogP contribution in [0.3, 0.4) is 0 Å². The fraction of sp³-hybridized carbons (Fsp3) is 0.345. The number of hydrogen-bond acceptors (Lipinski definition) is 7. The minimum absolute atomic E-state index is 0.0374. The molecule has 10 nitrogen and oxygen atoms in total. The van der Waals surface area contributed by atoms with E-state index < -0.39 is 16.1 Å². The van der Waals surface area contributed by atoms with Crippen molar-refractivity contribution >= 4 is 50.0 Å². The Balaban J connectivity index is 1.42. The van der Waals surface area contributed by atoms with Gasteiger partial charge in [-0.25, -0.2) is 18.4 Å². The number of amides is 1. The zero-order valence-corrected chi connectivity index (χ0v) is 25.9. The molecule has 1 unspecified atom stereocenters. The van der Waals surface area contributed by atoms with Crippen molar-refractivity contribution in [1.82, 2.24) is 29.1 Å². The summed E-state index contributed by atoms with van der Waals surface area (Å²) in [6, 6.07) is 9.62. The van der Waals surface area contributed by atoms with Crippen molar-refractivity contribution in [1.29, 1.82) is 0 Å². The van der Waals surface area contributed by atoms with Crippen LogP contribution < -0.4 is 10.1 Å². The number of rotatable bonds is 10. The Morgan fingerprint density at radius 2 is 2.02 bits per heavy atom. The molecule has 1 atom stereocenters. The molecule has 222 valence electrons. The first-order valence-corrected chi connectivity index (χ1v) is 15.7. The predicted octanol–water partition coefficient (Wildman–Crippen LogP) is 4.45. The Bertz CT molecular complexity index is 1710. The molecule has 0 spiro atoms. The van der Waals surface area contributed by atoms with Crippen LogP contribution in [0, 0.1) is 6.92 Å². The van der Waals surface area contributed by atoms with Crippen LogP contribution in [0.5, 0.6) is 5.75 Å². The fourth-order valence-electron chi connectivity index (χ4n) is 5.05. The fourth-order valence-corrected chi connectivity index (χ4v) is 7.57. The van der Waals surface area contributed by atoms with E-state index in [0.717, 1.165) is 16.8 Å². The second kappa shape index (κ2) is 12.6. The maximum atomic E-state index is 13.8. The van der Waals surface area contributed by atoms with Crippen LogP contribution in [0.15, 0.2) is 60.0 Å². The van der Waals surface area contributed by atoms with Gasteiger partial charge >= 0.3 is 0 Å². The lowest BCUT2D eigenvalue weighted by molar-refractivity contribution is -0.124. The maximum absolute atomic E-state index is 13.8. The Hall–Kier alpha value is -3.22. The number of likely N-dealkylation sites (N-methyl/N-ethyl adjacent to an activating group) is 1. The summed E-state index contributed by atoms with van der Waals surface area (Å²) in [5, 5.41) is 3.93. The third kappa shape index (κ3) is 6.11. The lowest BCUT2D eigenvalue weighted by Crippen LogP contribution is -2.47. The molecule has 1 aliphatic heterocycles. The second-order valence-corrected chi connectivity index (χ2v) is 13.0. The number of ether oxygens (including phenoxy) is 1. The molecule has 13 heteroatoms. The summed E-state index contributed by atoms with van der Waals surface area (Å²) < 4.78 is 36.9. The summed E-state index contributed by atoms with van der Waals surface area (Å²) >= 11 is 13.2. The second-order valence-electron chi connectivity index (χ2n) is 10.4. The molecule has 1 saturated heterocycles. The molecule has 1 fully saturated rings. The van der Waals surface area contributed by atoms with Crippen molar-refractivity contribution in [3.05, 3.63) is 76.4 Å². The number of hydrogen-bond donors (Lipinski definition) is 1. The zero-order valence-electron chi connectivity index (χ0n) is 23.5. The number of fused-ring (bicyclic) bond motifs is 1. The topological polar surface area (TPSA) is 110 Å². The number of benzene rings is 2. The van der Waals surface area contributed by atoms with Crippen molar-refractivity contribution in [2.24, 2.45) is 0 Å². The SMILES string of the molecule is Cc1cc(-n2ccnc2)c2cccc(OCc3c(Cl)ccc(S(=O)(=O)N4CCCC4C(=O)NCCN(C)C)c3Cl)c2n1. The third-order valence-corrected chi connectivity index (χ3v) is 10.0. The third-order valence-electron chi connectivity index (χ3n) is 7.17. The molecule has 4 aromatic rings. The van der Waals surface area contributed by atoms with E-state index in [1.54, 1.807) is 18.6 Å². The molecule has 1 amide bonds. The quantitative estimate of drug-likeness (QED) is 0.276. The summed E-state index contributed by atoms with van der Waals surface area (Å²) in [7, 11) is -0.300. The van der Waals surface area contributed by atoms with Crippen molar-refractivity contribution < 1.29 is 17.9 Å². The summed E-state index contributed by atoms with van der Waals surface area (Å²) in [5.41, 5.74) is 2.65. The molecular formula is C29H32Cl2N6O4S. The average molecular weight is 632 g/mol. The van der Waals surface area contributed by atoms with Crippen molar-refractivity contribution in [3.8, 4) is 11.4 Å². The van der Waals surface area contributed by atoms with Crippen LogP contribution in [0.1, 0.15) is 24.1 Å². The number of sulfonamides is 1. The number of para-hydroxylation sites is 1. The summed E-state index contributed by atoms with van der Waals surface area (Å²) in [5.74, 6) is 0.173.